The Morgan fingerprint density at radius 2 is 1.64 bits per heavy atom. The average molecular weight is 549 g/mol. The van der Waals surface area contributed by atoms with E-state index in [0.29, 0.717) is 0 Å². The first-order valence-corrected chi connectivity index (χ1v) is 15.4. The van der Waals surface area contributed by atoms with Gasteiger partial charge in [-0.3, -0.25) is 4.90 Å². The molecule has 2 aliphatic rings. The summed E-state index contributed by atoms with van der Waals surface area (Å²) in [6.45, 7) is 6.60. The molecular formula is C32H40N2O4S. The van der Waals surface area contributed by atoms with E-state index in [1.165, 1.54) is 18.4 Å². The van der Waals surface area contributed by atoms with Gasteiger partial charge in [0.25, 0.3) is 0 Å². The van der Waals surface area contributed by atoms with Crippen LogP contribution in [0, 0.1) is 5.41 Å². The van der Waals surface area contributed by atoms with Gasteiger partial charge in [0, 0.05) is 37.0 Å². The summed E-state index contributed by atoms with van der Waals surface area (Å²) in [7, 11) is -1.99. The minimum absolute atomic E-state index is 0.0894. The molecule has 1 saturated carbocycles. The van der Waals surface area contributed by atoms with Crippen LogP contribution in [0.15, 0.2) is 83.8 Å². The van der Waals surface area contributed by atoms with E-state index in [4.69, 9.17) is 9.47 Å². The van der Waals surface area contributed by atoms with Crippen molar-refractivity contribution < 1.29 is 17.9 Å². The number of sulfonamides is 1. The van der Waals surface area contributed by atoms with Crippen molar-refractivity contribution in [2.45, 2.75) is 69.0 Å². The zero-order valence-electron chi connectivity index (χ0n) is 23.2. The second-order valence-corrected chi connectivity index (χ2v) is 13.0. The average Bonchev–Trinajstić information content (AvgIpc) is 3.57. The molecule has 0 spiro atoms. The van der Waals surface area contributed by atoms with Gasteiger partial charge in [-0.25, -0.2) is 13.1 Å². The molecule has 1 heterocycles. The molecule has 5 rings (SSSR count). The molecule has 2 fully saturated rings. The quantitative estimate of drug-likeness (QED) is 0.337. The van der Waals surface area contributed by atoms with Gasteiger partial charge in [-0.1, -0.05) is 61.5 Å². The fourth-order valence-electron chi connectivity index (χ4n) is 6.23. The van der Waals surface area contributed by atoms with E-state index in [1.807, 2.05) is 25.1 Å². The maximum absolute atomic E-state index is 13.3. The van der Waals surface area contributed by atoms with Crippen molar-refractivity contribution in [3.63, 3.8) is 0 Å². The van der Waals surface area contributed by atoms with Gasteiger partial charge < -0.3 is 9.47 Å². The lowest BCUT2D eigenvalue weighted by molar-refractivity contribution is 0.199. The number of nitrogens with zero attached hydrogens (tertiary/aromatic N) is 1. The number of hydrogen-bond donors (Lipinski definition) is 1. The van der Waals surface area contributed by atoms with Crippen molar-refractivity contribution in [3.8, 4) is 11.5 Å². The van der Waals surface area contributed by atoms with Crippen LogP contribution in [0.4, 0.5) is 0 Å². The van der Waals surface area contributed by atoms with E-state index in [9.17, 15) is 8.42 Å². The highest BCUT2D eigenvalue weighted by atomic mass is 32.2. The maximum Gasteiger partial charge on any atom is 0.240 e. The van der Waals surface area contributed by atoms with Gasteiger partial charge in [0.2, 0.25) is 10.0 Å². The number of hydrogen-bond acceptors (Lipinski definition) is 5. The molecular weight excluding hydrogens is 508 g/mol. The van der Waals surface area contributed by atoms with Gasteiger partial charge in [-0.2, -0.15) is 0 Å². The first-order valence-electron chi connectivity index (χ1n) is 14.0. The van der Waals surface area contributed by atoms with Gasteiger partial charge >= 0.3 is 0 Å². The predicted octanol–water partition coefficient (Wildman–Crippen LogP) is 5.99. The first kappa shape index (κ1) is 27.7. The predicted molar refractivity (Wildman–Crippen MR) is 155 cm³/mol. The Kier molecular flexibility index (Phi) is 8.31. The molecule has 3 aromatic rings. The van der Waals surface area contributed by atoms with Gasteiger partial charge in [-0.15, -0.1) is 0 Å². The Balaban J connectivity index is 1.46. The molecule has 0 amide bonds. The summed E-state index contributed by atoms with van der Waals surface area (Å²) in [5, 5.41) is 0. The Morgan fingerprint density at radius 1 is 0.974 bits per heavy atom. The Labute approximate surface area is 233 Å². The van der Waals surface area contributed by atoms with E-state index >= 15 is 0 Å². The Morgan fingerprint density at radius 3 is 2.31 bits per heavy atom. The molecule has 1 N–H and O–H groups in total. The summed E-state index contributed by atoms with van der Waals surface area (Å²) in [6.07, 6.45) is 4.74. The largest absolute Gasteiger partial charge is 0.493 e. The molecule has 7 heteroatoms. The van der Waals surface area contributed by atoms with Gasteiger partial charge in [-0.05, 0) is 68.0 Å². The summed E-state index contributed by atoms with van der Waals surface area (Å²) < 4.78 is 41.8. The highest BCUT2D eigenvalue weighted by molar-refractivity contribution is 7.89. The van der Waals surface area contributed by atoms with Crippen molar-refractivity contribution in [1.29, 1.82) is 0 Å². The minimum atomic E-state index is -3.66. The van der Waals surface area contributed by atoms with Crippen LogP contribution in [0.5, 0.6) is 11.5 Å². The zero-order valence-corrected chi connectivity index (χ0v) is 24.0. The third-order valence-electron chi connectivity index (χ3n) is 8.61. The summed E-state index contributed by atoms with van der Waals surface area (Å²) in [5.41, 5.74) is 2.03. The van der Waals surface area contributed by atoms with Crippen LogP contribution in [-0.2, 0) is 16.6 Å². The summed E-state index contributed by atoms with van der Waals surface area (Å²) >= 11 is 0. The van der Waals surface area contributed by atoms with Crippen LogP contribution >= 0.6 is 0 Å². The number of rotatable bonds is 10. The number of benzene rings is 3. The van der Waals surface area contributed by atoms with E-state index in [-0.39, 0.29) is 28.4 Å². The SMILES string of the molecule is COc1ccc(C2CN(Cc3ccccc3)C[C@@]2(C)C(C)NS(=O)(=O)c2ccccc2)cc1OC1CCCC1. The fourth-order valence-corrected chi connectivity index (χ4v) is 7.62. The van der Waals surface area contributed by atoms with Gasteiger partial charge in [0.05, 0.1) is 18.1 Å². The summed E-state index contributed by atoms with van der Waals surface area (Å²) in [6, 6.07) is 25.0. The van der Waals surface area contributed by atoms with Gasteiger partial charge in [0.1, 0.15) is 0 Å². The lowest BCUT2D eigenvalue weighted by atomic mass is 9.71. The molecule has 208 valence electrons. The van der Waals surface area contributed by atoms with Crippen LogP contribution in [0.2, 0.25) is 0 Å². The molecule has 3 aromatic carbocycles. The highest BCUT2D eigenvalue weighted by Gasteiger charge is 2.48. The van der Waals surface area contributed by atoms with Crippen molar-refractivity contribution in [3.05, 3.63) is 90.0 Å². The van der Waals surface area contributed by atoms with E-state index in [0.717, 1.165) is 49.5 Å². The zero-order chi connectivity index (χ0) is 27.5. The van der Waals surface area contributed by atoms with Crippen LogP contribution in [0.3, 0.4) is 0 Å². The van der Waals surface area contributed by atoms with Crippen molar-refractivity contribution in [1.82, 2.24) is 9.62 Å². The standard InChI is InChI=1S/C32H40N2O4S/c1-24(33-39(35,36)28-16-8-5-9-17-28)32(2)23-34(21-25-12-6-4-7-13-25)22-29(32)26-18-19-30(37-3)31(20-26)38-27-14-10-11-15-27/h4-9,12-13,16-20,24,27,29,33H,10-11,14-15,21-23H2,1-3H3/t24?,29?,32-/m0/s1. The van der Waals surface area contributed by atoms with Crippen LogP contribution < -0.4 is 14.2 Å². The lowest BCUT2D eigenvalue weighted by Gasteiger charge is -2.37. The molecule has 0 aromatic heterocycles. The van der Waals surface area contributed by atoms with Crippen molar-refractivity contribution >= 4 is 10.0 Å². The number of likely N-dealkylation sites (tertiary alicyclic amines) is 1. The Bertz CT molecular complexity index is 1340. The summed E-state index contributed by atoms with van der Waals surface area (Å²) in [4.78, 5) is 2.72. The topological polar surface area (TPSA) is 67.9 Å². The third-order valence-corrected chi connectivity index (χ3v) is 10.2. The molecule has 39 heavy (non-hydrogen) atoms. The number of nitrogens with one attached hydrogen (secondary N) is 1. The van der Waals surface area contributed by atoms with Crippen LogP contribution in [0.1, 0.15) is 56.6 Å². The molecule has 1 saturated heterocycles. The highest BCUT2D eigenvalue weighted by Crippen LogP contribution is 2.47. The molecule has 2 unspecified atom stereocenters. The monoisotopic (exact) mass is 548 g/mol. The van der Waals surface area contributed by atoms with E-state index < -0.39 is 10.0 Å². The minimum Gasteiger partial charge on any atom is -0.493 e. The smallest absolute Gasteiger partial charge is 0.240 e. The fraction of sp³-hybridized carbons (Fsp3) is 0.438. The van der Waals surface area contributed by atoms with E-state index in [1.54, 1.807) is 31.4 Å². The molecule has 0 bridgehead atoms. The van der Waals surface area contributed by atoms with Crippen LogP contribution in [0.25, 0.3) is 0 Å². The number of ether oxygens (including phenoxy) is 2. The van der Waals surface area contributed by atoms with Gasteiger partial charge in [0.15, 0.2) is 11.5 Å². The number of methoxy groups -OCH3 is 1. The Hall–Kier alpha value is -2.87. The normalized spacial score (nSPS) is 23.1. The molecule has 0 radical (unpaired) electrons. The molecule has 1 aliphatic carbocycles. The lowest BCUT2D eigenvalue weighted by Crippen LogP contribution is -2.48. The molecule has 1 aliphatic heterocycles. The third kappa shape index (κ3) is 6.16. The molecule has 6 nitrogen and oxygen atoms in total. The van der Waals surface area contributed by atoms with Crippen LogP contribution in [-0.4, -0.2) is 45.7 Å². The second kappa shape index (κ2) is 11.7. The van der Waals surface area contributed by atoms with Crippen molar-refractivity contribution in [2.75, 3.05) is 20.2 Å². The molecule has 3 atom stereocenters. The summed E-state index contributed by atoms with van der Waals surface area (Å²) in [5.74, 6) is 1.61. The first-order chi connectivity index (χ1) is 18.8. The maximum atomic E-state index is 13.3. The second-order valence-electron chi connectivity index (χ2n) is 11.3. The van der Waals surface area contributed by atoms with E-state index in [2.05, 4.69) is 52.9 Å². The van der Waals surface area contributed by atoms with Crippen molar-refractivity contribution in [2.24, 2.45) is 5.41 Å².